The van der Waals surface area contributed by atoms with E-state index in [9.17, 15) is 4.79 Å². The molecule has 0 aliphatic rings. The number of carbonyl (C=O) groups is 1. The standard InChI is InChI=1S/C21H26O3/c1-21(2,3)17-10-6-15(7-11-17)8-12-18(22)16-9-13-19(23-4)20(14-16)24-5/h6-7,9-11,13-14H,8,12H2,1-5H3. The number of aryl methyl sites for hydroxylation is 1. The minimum Gasteiger partial charge on any atom is -0.493 e. The first-order valence-corrected chi connectivity index (χ1v) is 8.20. The molecule has 0 unspecified atom stereocenters. The Morgan fingerprint density at radius 3 is 2.08 bits per heavy atom. The van der Waals surface area contributed by atoms with Gasteiger partial charge in [0, 0.05) is 12.0 Å². The fraction of sp³-hybridized carbons (Fsp3) is 0.381. The van der Waals surface area contributed by atoms with Crippen molar-refractivity contribution in [1.29, 1.82) is 0 Å². The van der Waals surface area contributed by atoms with E-state index in [0.717, 1.165) is 6.42 Å². The summed E-state index contributed by atoms with van der Waals surface area (Å²) in [6.45, 7) is 6.59. The minimum atomic E-state index is 0.107. The zero-order valence-electron chi connectivity index (χ0n) is 15.2. The monoisotopic (exact) mass is 326 g/mol. The Morgan fingerprint density at radius 2 is 1.54 bits per heavy atom. The van der Waals surface area contributed by atoms with Gasteiger partial charge >= 0.3 is 0 Å². The first kappa shape index (κ1) is 18.1. The SMILES string of the molecule is COc1ccc(C(=O)CCc2ccc(C(C)(C)C)cc2)cc1OC. The van der Waals surface area contributed by atoms with Gasteiger partial charge in [-0.15, -0.1) is 0 Å². The average molecular weight is 326 g/mol. The van der Waals surface area contributed by atoms with Gasteiger partial charge in [0.25, 0.3) is 0 Å². The molecule has 3 heteroatoms. The average Bonchev–Trinajstić information content (AvgIpc) is 2.58. The lowest BCUT2D eigenvalue weighted by Gasteiger charge is -2.19. The van der Waals surface area contributed by atoms with E-state index < -0.39 is 0 Å². The van der Waals surface area contributed by atoms with Gasteiger partial charge < -0.3 is 9.47 Å². The van der Waals surface area contributed by atoms with Crippen molar-refractivity contribution in [3.63, 3.8) is 0 Å². The van der Waals surface area contributed by atoms with Crippen LogP contribution >= 0.6 is 0 Å². The molecule has 3 nitrogen and oxygen atoms in total. The van der Waals surface area contributed by atoms with Gasteiger partial charge in [0.2, 0.25) is 0 Å². The summed E-state index contributed by atoms with van der Waals surface area (Å²) in [5, 5.41) is 0. The Labute approximate surface area is 144 Å². The summed E-state index contributed by atoms with van der Waals surface area (Å²) in [7, 11) is 3.16. The second-order valence-corrected chi connectivity index (χ2v) is 6.94. The molecule has 0 aromatic heterocycles. The van der Waals surface area contributed by atoms with Crippen molar-refractivity contribution in [1.82, 2.24) is 0 Å². The Balaban J connectivity index is 2.03. The molecule has 0 bridgehead atoms. The summed E-state index contributed by atoms with van der Waals surface area (Å²) in [6, 6.07) is 13.8. The number of carbonyl (C=O) groups excluding carboxylic acids is 1. The predicted molar refractivity (Wildman–Crippen MR) is 97.3 cm³/mol. The maximum atomic E-state index is 12.4. The highest BCUT2D eigenvalue weighted by Gasteiger charge is 2.14. The summed E-state index contributed by atoms with van der Waals surface area (Å²) in [4.78, 5) is 12.4. The lowest BCUT2D eigenvalue weighted by molar-refractivity contribution is 0.0982. The van der Waals surface area contributed by atoms with Crippen molar-refractivity contribution in [3.8, 4) is 11.5 Å². The fourth-order valence-corrected chi connectivity index (χ4v) is 2.58. The van der Waals surface area contributed by atoms with Crippen LogP contribution in [-0.4, -0.2) is 20.0 Å². The molecule has 0 saturated heterocycles. The van der Waals surface area contributed by atoms with E-state index in [4.69, 9.17) is 9.47 Å². The van der Waals surface area contributed by atoms with Crippen molar-refractivity contribution in [2.24, 2.45) is 0 Å². The Bertz CT molecular complexity index is 694. The van der Waals surface area contributed by atoms with Crippen LogP contribution in [0.5, 0.6) is 11.5 Å². The predicted octanol–water partition coefficient (Wildman–Crippen LogP) is 4.82. The van der Waals surface area contributed by atoms with Gasteiger partial charge in [-0.3, -0.25) is 4.79 Å². The lowest BCUT2D eigenvalue weighted by atomic mass is 9.86. The zero-order chi connectivity index (χ0) is 17.7. The van der Waals surface area contributed by atoms with Crippen LogP contribution in [0, 0.1) is 0 Å². The Morgan fingerprint density at radius 1 is 0.917 bits per heavy atom. The van der Waals surface area contributed by atoms with E-state index in [2.05, 4.69) is 45.0 Å². The van der Waals surface area contributed by atoms with Crippen LogP contribution in [0.15, 0.2) is 42.5 Å². The normalized spacial score (nSPS) is 11.2. The number of rotatable bonds is 6. The van der Waals surface area contributed by atoms with Crippen molar-refractivity contribution < 1.29 is 14.3 Å². The third-order valence-corrected chi connectivity index (χ3v) is 4.17. The van der Waals surface area contributed by atoms with Crippen LogP contribution in [0.3, 0.4) is 0 Å². The molecule has 0 saturated carbocycles. The first-order chi connectivity index (χ1) is 11.3. The second-order valence-electron chi connectivity index (χ2n) is 6.94. The molecule has 2 rings (SSSR count). The van der Waals surface area contributed by atoms with E-state index in [-0.39, 0.29) is 11.2 Å². The van der Waals surface area contributed by atoms with Crippen molar-refractivity contribution in [3.05, 3.63) is 59.2 Å². The molecule has 0 aliphatic carbocycles. The smallest absolute Gasteiger partial charge is 0.163 e. The van der Waals surface area contributed by atoms with Gasteiger partial charge in [-0.1, -0.05) is 45.0 Å². The fourth-order valence-electron chi connectivity index (χ4n) is 2.58. The molecule has 0 heterocycles. The lowest BCUT2D eigenvalue weighted by Crippen LogP contribution is -2.10. The molecule has 2 aromatic carbocycles. The molecule has 24 heavy (non-hydrogen) atoms. The van der Waals surface area contributed by atoms with E-state index in [1.54, 1.807) is 32.4 Å². The van der Waals surface area contributed by atoms with Crippen molar-refractivity contribution in [2.75, 3.05) is 14.2 Å². The van der Waals surface area contributed by atoms with Crippen LogP contribution < -0.4 is 9.47 Å². The Hall–Kier alpha value is -2.29. The molecule has 0 fully saturated rings. The van der Waals surface area contributed by atoms with Gasteiger partial charge in [-0.2, -0.15) is 0 Å². The third-order valence-electron chi connectivity index (χ3n) is 4.17. The van der Waals surface area contributed by atoms with E-state index >= 15 is 0 Å². The van der Waals surface area contributed by atoms with Crippen molar-refractivity contribution >= 4 is 5.78 Å². The molecule has 0 N–H and O–H groups in total. The molecule has 0 atom stereocenters. The maximum absolute atomic E-state index is 12.4. The minimum absolute atomic E-state index is 0.107. The number of Topliss-reactive ketones (excluding diaryl/α,β-unsaturated/α-hetero) is 1. The van der Waals surface area contributed by atoms with Gasteiger partial charge in [0.1, 0.15) is 0 Å². The number of ether oxygens (including phenoxy) is 2. The van der Waals surface area contributed by atoms with Gasteiger partial charge in [-0.25, -0.2) is 0 Å². The van der Waals surface area contributed by atoms with Crippen LogP contribution in [0.1, 0.15) is 48.7 Å². The second kappa shape index (κ2) is 7.52. The highest BCUT2D eigenvalue weighted by Crippen LogP contribution is 2.28. The molecular formula is C21H26O3. The topological polar surface area (TPSA) is 35.5 Å². The number of ketones is 1. The number of hydrogen-bond donors (Lipinski definition) is 0. The van der Waals surface area contributed by atoms with E-state index in [1.807, 2.05) is 0 Å². The van der Waals surface area contributed by atoms with E-state index in [1.165, 1.54) is 11.1 Å². The van der Waals surface area contributed by atoms with Gasteiger partial charge in [0.05, 0.1) is 14.2 Å². The molecule has 2 aromatic rings. The summed E-state index contributed by atoms with van der Waals surface area (Å²) in [5.41, 5.74) is 3.28. The Kier molecular flexibility index (Phi) is 5.66. The first-order valence-electron chi connectivity index (χ1n) is 8.20. The third kappa shape index (κ3) is 4.38. The van der Waals surface area contributed by atoms with Crippen LogP contribution in [-0.2, 0) is 11.8 Å². The summed E-state index contributed by atoms with van der Waals surface area (Å²) < 4.78 is 10.5. The highest BCUT2D eigenvalue weighted by atomic mass is 16.5. The van der Waals surface area contributed by atoms with Gasteiger partial charge in [-0.05, 0) is 41.2 Å². The quantitative estimate of drug-likeness (QED) is 0.714. The largest absolute Gasteiger partial charge is 0.493 e. The highest BCUT2D eigenvalue weighted by molar-refractivity contribution is 5.96. The molecule has 0 amide bonds. The zero-order valence-corrected chi connectivity index (χ0v) is 15.2. The van der Waals surface area contributed by atoms with Gasteiger partial charge in [0.15, 0.2) is 17.3 Å². The number of hydrogen-bond acceptors (Lipinski definition) is 3. The summed E-state index contributed by atoms with van der Waals surface area (Å²) in [6.07, 6.45) is 1.21. The van der Waals surface area contributed by atoms with E-state index in [0.29, 0.717) is 23.5 Å². The molecule has 128 valence electrons. The summed E-state index contributed by atoms with van der Waals surface area (Å²) in [5.74, 6) is 1.32. The maximum Gasteiger partial charge on any atom is 0.163 e. The summed E-state index contributed by atoms with van der Waals surface area (Å²) >= 11 is 0. The van der Waals surface area contributed by atoms with Crippen LogP contribution in [0.2, 0.25) is 0 Å². The molecule has 0 spiro atoms. The van der Waals surface area contributed by atoms with Crippen LogP contribution in [0.25, 0.3) is 0 Å². The molecule has 0 radical (unpaired) electrons. The number of methoxy groups -OCH3 is 2. The molecule has 0 aliphatic heterocycles. The van der Waals surface area contributed by atoms with Crippen molar-refractivity contribution in [2.45, 2.75) is 39.0 Å². The number of benzene rings is 2. The van der Waals surface area contributed by atoms with Crippen LogP contribution in [0.4, 0.5) is 0 Å². The molecular weight excluding hydrogens is 300 g/mol.